The number of ketones is 1. The normalized spacial score (nSPS) is 16.6. The minimum absolute atomic E-state index is 0.113. The number of benzene rings is 3. The fraction of sp³-hybridized carbons (Fsp3) is 0.206. The maximum Gasteiger partial charge on any atom is 0.260 e. The summed E-state index contributed by atoms with van der Waals surface area (Å²) in [5.74, 6) is -1.45. The summed E-state index contributed by atoms with van der Waals surface area (Å²) in [4.78, 5) is 49.1. The van der Waals surface area contributed by atoms with Gasteiger partial charge in [0.15, 0.2) is 10.8 Å². The third-order valence-corrected chi connectivity index (χ3v) is 9.69. The summed E-state index contributed by atoms with van der Waals surface area (Å²) in [6, 6.07) is 25.2. The number of rotatable bonds is 8. The second kappa shape index (κ2) is 12.9. The van der Waals surface area contributed by atoms with Gasteiger partial charge in [0.1, 0.15) is 6.04 Å². The highest BCUT2D eigenvalue weighted by molar-refractivity contribution is 7.89. The van der Waals surface area contributed by atoms with Crippen LogP contribution in [0.3, 0.4) is 0 Å². The molecule has 1 aliphatic rings. The Hall–Kier alpha value is -5.00. The molecular formula is C34H31N5O5S. The molecule has 2 N–H and O–H groups in total. The van der Waals surface area contributed by atoms with Gasteiger partial charge < -0.3 is 10.6 Å². The van der Waals surface area contributed by atoms with E-state index in [0.29, 0.717) is 17.5 Å². The van der Waals surface area contributed by atoms with Crippen molar-refractivity contribution < 1.29 is 22.8 Å². The average molecular weight is 622 g/mol. The number of amides is 2. The number of hydrogen-bond acceptors (Lipinski definition) is 7. The van der Waals surface area contributed by atoms with Crippen LogP contribution in [-0.4, -0.2) is 65.5 Å². The number of hydrogen-bond donors (Lipinski definition) is 2. The molecule has 5 aromatic rings. The van der Waals surface area contributed by atoms with E-state index in [2.05, 4.69) is 20.6 Å². The summed E-state index contributed by atoms with van der Waals surface area (Å²) in [6.45, 7) is -0.282. The van der Waals surface area contributed by atoms with E-state index in [1.54, 1.807) is 36.5 Å². The zero-order valence-corrected chi connectivity index (χ0v) is 25.1. The molecule has 1 saturated heterocycles. The minimum Gasteiger partial charge on any atom is -0.344 e. The van der Waals surface area contributed by atoms with Gasteiger partial charge in [-0.2, -0.15) is 4.31 Å². The quantitative estimate of drug-likeness (QED) is 0.270. The second-order valence-electron chi connectivity index (χ2n) is 11.0. The van der Waals surface area contributed by atoms with E-state index in [1.807, 2.05) is 54.6 Å². The highest BCUT2D eigenvalue weighted by Crippen LogP contribution is 2.20. The Morgan fingerprint density at radius 3 is 2.44 bits per heavy atom. The van der Waals surface area contributed by atoms with Crippen LogP contribution < -0.4 is 10.6 Å². The Balaban J connectivity index is 1.24. The van der Waals surface area contributed by atoms with E-state index in [-0.39, 0.29) is 24.4 Å². The van der Waals surface area contributed by atoms with Gasteiger partial charge >= 0.3 is 0 Å². The standard InChI is InChI=1S/C34H31N5O5S/c40-30-22-39(45(43,44)31-14-3-4-17-35-31)19-7-13-28(30)37-34(42)29(21-23-15-16-24-8-1-2-9-26(24)20-23)38-33(41)27-12-5-10-25-11-6-18-36-32(25)27/h1-6,8-12,14-18,20,28-29H,7,13,19,21-22H2,(H,37,42)(H,38,41)/t28-,29?/m0/s1. The number of carbonyl (C=O) groups excluding carboxylic acids is 3. The van der Waals surface area contributed by atoms with E-state index < -0.39 is 46.2 Å². The van der Waals surface area contributed by atoms with Crippen molar-refractivity contribution in [3.8, 4) is 0 Å². The topological polar surface area (TPSA) is 138 Å². The molecule has 228 valence electrons. The monoisotopic (exact) mass is 621 g/mol. The van der Waals surface area contributed by atoms with Crippen molar-refractivity contribution >= 4 is 49.3 Å². The van der Waals surface area contributed by atoms with Gasteiger partial charge in [-0.3, -0.25) is 19.4 Å². The molecule has 1 aliphatic heterocycles. The van der Waals surface area contributed by atoms with Crippen molar-refractivity contribution in [2.24, 2.45) is 0 Å². The van der Waals surface area contributed by atoms with E-state index in [1.165, 1.54) is 12.3 Å². The van der Waals surface area contributed by atoms with Crippen molar-refractivity contribution in [1.82, 2.24) is 24.9 Å². The molecule has 3 aromatic carbocycles. The first-order chi connectivity index (χ1) is 21.8. The SMILES string of the molecule is O=C(NC(Cc1ccc2ccccc2c1)C(=O)N[C@H]1CCCN(S(=O)(=O)c2ccccn2)CC1=O)c1cccc2cccnc12. The lowest BCUT2D eigenvalue weighted by atomic mass is 9.99. The summed E-state index contributed by atoms with van der Waals surface area (Å²) < 4.78 is 27.4. The van der Waals surface area contributed by atoms with Gasteiger partial charge in [-0.05, 0) is 53.4 Å². The van der Waals surface area contributed by atoms with Crippen molar-refractivity contribution in [3.63, 3.8) is 0 Å². The Labute approximate surface area is 260 Å². The second-order valence-corrected chi connectivity index (χ2v) is 12.9. The highest BCUT2D eigenvalue weighted by atomic mass is 32.2. The molecule has 0 radical (unpaired) electrons. The largest absolute Gasteiger partial charge is 0.344 e. The predicted octanol–water partition coefficient (Wildman–Crippen LogP) is 3.66. The number of para-hydroxylation sites is 1. The van der Waals surface area contributed by atoms with Gasteiger partial charge in [0.05, 0.1) is 23.7 Å². The number of nitrogens with zero attached hydrogens (tertiary/aromatic N) is 3. The number of sulfonamides is 1. The van der Waals surface area contributed by atoms with Gasteiger partial charge in [0, 0.05) is 30.7 Å². The van der Waals surface area contributed by atoms with E-state index in [4.69, 9.17) is 0 Å². The average Bonchev–Trinajstić information content (AvgIpc) is 3.25. The zero-order chi connectivity index (χ0) is 31.4. The molecule has 6 rings (SSSR count). The van der Waals surface area contributed by atoms with Gasteiger partial charge in [0.25, 0.3) is 15.9 Å². The fourth-order valence-corrected chi connectivity index (χ4v) is 6.97. The molecule has 2 atom stereocenters. The maximum absolute atomic E-state index is 13.8. The third-order valence-electron chi connectivity index (χ3n) is 7.93. The first-order valence-electron chi connectivity index (χ1n) is 14.7. The Morgan fingerprint density at radius 1 is 0.867 bits per heavy atom. The number of nitrogens with one attached hydrogen (secondary N) is 2. The van der Waals surface area contributed by atoms with Crippen LogP contribution in [0.2, 0.25) is 0 Å². The van der Waals surface area contributed by atoms with Gasteiger partial charge in [0.2, 0.25) is 5.91 Å². The van der Waals surface area contributed by atoms with Crippen LogP contribution >= 0.6 is 0 Å². The number of aromatic nitrogens is 2. The van der Waals surface area contributed by atoms with Crippen LogP contribution in [-0.2, 0) is 26.0 Å². The van der Waals surface area contributed by atoms with Crippen molar-refractivity contribution in [2.45, 2.75) is 36.4 Å². The van der Waals surface area contributed by atoms with Gasteiger partial charge in [-0.15, -0.1) is 0 Å². The summed E-state index contributed by atoms with van der Waals surface area (Å²) in [5, 5.41) is 8.38. The molecule has 0 bridgehead atoms. The molecule has 45 heavy (non-hydrogen) atoms. The number of Topliss-reactive ketones (excluding diaryl/α,β-unsaturated/α-hetero) is 1. The van der Waals surface area contributed by atoms with Crippen LogP contribution in [0, 0.1) is 0 Å². The molecule has 2 amide bonds. The van der Waals surface area contributed by atoms with Crippen LogP contribution in [0.25, 0.3) is 21.7 Å². The van der Waals surface area contributed by atoms with E-state index in [0.717, 1.165) is 26.0 Å². The van der Waals surface area contributed by atoms with Crippen molar-refractivity contribution in [2.75, 3.05) is 13.1 Å². The van der Waals surface area contributed by atoms with Gasteiger partial charge in [-0.25, -0.2) is 13.4 Å². The first-order valence-corrected chi connectivity index (χ1v) is 16.1. The molecule has 1 fully saturated rings. The zero-order valence-electron chi connectivity index (χ0n) is 24.3. The maximum atomic E-state index is 13.8. The molecule has 0 saturated carbocycles. The lowest BCUT2D eigenvalue weighted by Gasteiger charge is -2.23. The summed E-state index contributed by atoms with van der Waals surface area (Å²) in [7, 11) is -3.98. The van der Waals surface area contributed by atoms with Crippen molar-refractivity contribution in [3.05, 3.63) is 115 Å². The molecule has 11 heteroatoms. The van der Waals surface area contributed by atoms with Gasteiger partial charge in [-0.1, -0.05) is 66.7 Å². The van der Waals surface area contributed by atoms with Crippen LogP contribution in [0.1, 0.15) is 28.8 Å². The van der Waals surface area contributed by atoms with E-state index >= 15 is 0 Å². The van der Waals surface area contributed by atoms with Crippen molar-refractivity contribution in [1.29, 1.82) is 0 Å². The van der Waals surface area contributed by atoms with Crippen LogP contribution in [0.15, 0.2) is 108 Å². The first kappa shape index (κ1) is 30.0. The Morgan fingerprint density at radius 2 is 1.62 bits per heavy atom. The Bertz CT molecular complexity index is 2000. The molecule has 3 heterocycles. The van der Waals surface area contributed by atoms with Crippen LogP contribution in [0.5, 0.6) is 0 Å². The van der Waals surface area contributed by atoms with Crippen LogP contribution in [0.4, 0.5) is 0 Å². The highest BCUT2D eigenvalue weighted by Gasteiger charge is 2.35. The predicted molar refractivity (Wildman–Crippen MR) is 170 cm³/mol. The lowest BCUT2D eigenvalue weighted by Crippen LogP contribution is -2.53. The number of fused-ring (bicyclic) bond motifs is 2. The van der Waals surface area contributed by atoms with E-state index in [9.17, 15) is 22.8 Å². The molecule has 0 aliphatic carbocycles. The summed E-state index contributed by atoms with van der Waals surface area (Å²) in [5.41, 5.74) is 1.66. The molecule has 1 unspecified atom stereocenters. The smallest absolute Gasteiger partial charge is 0.260 e. The summed E-state index contributed by atoms with van der Waals surface area (Å²) >= 11 is 0. The molecule has 10 nitrogen and oxygen atoms in total. The lowest BCUT2D eigenvalue weighted by molar-refractivity contribution is -0.128. The minimum atomic E-state index is -3.98. The molecule has 0 spiro atoms. The number of pyridine rings is 2. The third kappa shape index (κ3) is 6.59. The fourth-order valence-electron chi connectivity index (χ4n) is 5.59. The number of carbonyl (C=O) groups is 3. The molecular weight excluding hydrogens is 590 g/mol. The molecule has 2 aromatic heterocycles. The Kier molecular flexibility index (Phi) is 8.63. The summed E-state index contributed by atoms with van der Waals surface area (Å²) in [6.07, 6.45) is 3.76.